The largest absolute Gasteiger partial charge is 0.348 e. The van der Waals surface area contributed by atoms with Crippen molar-refractivity contribution in [2.45, 2.75) is 13.5 Å². The Labute approximate surface area is 135 Å². The van der Waals surface area contributed by atoms with Crippen LogP contribution in [0, 0.1) is 0 Å². The molecule has 6 nitrogen and oxygen atoms in total. The maximum Gasteiger partial charge on any atom is 0.254 e. The van der Waals surface area contributed by atoms with Crippen molar-refractivity contribution in [2.24, 2.45) is 0 Å². The van der Waals surface area contributed by atoms with Gasteiger partial charge in [0, 0.05) is 31.7 Å². The van der Waals surface area contributed by atoms with Gasteiger partial charge in [-0.05, 0) is 30.7 Å². The number of amides is 3. The van der Waals surface area contributed by atoms with Gasteiger partial charge in [0.1, 0.15) is 6.54 Å². The minimum absolute atomic E-state index is 0.0177. The molecule has 1 aliphatic rings. The van der Waals surface area contributed by atoms with Crippen molar-refractivity contribution < 1.29 is 14.4 Å². The molecule has 0 aliphatic carbocycles. The fourth-order valence-corrected chi connectivity index (χ4v) is 2.43. The third-order valence-corrected chi connectivity index (χ3v) is 3.84. The van der Waals surface area contributed by atoms with Crippen LogP contribution in [0.1, 0.15) is 22.8 Å². The van der Waals surface area contributed by atoms with Gasteiger partial charge in [0.25, 0.3) is 5.91 Å². The van der Waals surface area contributed by atoms with Crippen LogP contribution in [0.3, 0.4) is 0 Å². The number of likely N-dealkylation sites (N-methyl/N-ethyl adjacent to an activating group) is 1. The average molecular weight is 315 g/mol. The van der Waals surface area contributed by atoms with E-state index in [2.05, 4.69) is 11.9 Å². The van der Waals surface area contributed by atoms with Crippen molar-refractivity contribution in [2.75, 3.05) is 26.2 Å². The van der Waals surface area contributed by atoms with Crippen LogP contribution in [0.25, 0.3) is 0 Å². The highest BCUT2D eigenvalue weighted by Gasteiger charge is 2.26. The van der Waals surface area contributed by atoms with Crippen LogP contribution in [0.2, 0.25) is 0 Å². The summed E-state index contributed by atoms with van der Waals surface area (Å²) in [5.41, 5.74) is 1.44. The summed E-state index contributed by atoms with van der Waals surface area (Å²) in [4.78, 5) is 38.8. The molecule has 0 aromatic heterocycles. The number of nitrogens with one attached hydrogen (secondary N) is 1. The molecule has 23 heavy (non-hydrogen) atoms. The number of nitrogens with zero attached hydrogens (tertiary/aromatic N) is 2. The smallest absolute Gasteiger partial charge is 0.254 e. The van der Waals surface area contributed by atoms with E-state index in [-0.39, 0.29) is 24.3 Å². The highest BCUT2D eigenvalue weighted by Crippen LogP contribution is 2.11. The quantitative estimate of drug-likeness (QED) is 0.817. The Bertz CT molecular complexity index is 610. The second kappa shape index (κ2) is 7.58. The third kappa shape index (κ3) is 4.18. The first kappa shape index (κ1) is 16.7. The first-order valence-electron chi connectivity index (χ1n) is 7.61. The number of hydrogen-bond donors (Lipinski definition) is 1. The van der Waals surface area contributed by atoms with E-state index in [4.69, 9.17) is 0 Å². The molecular formula is C17H21N3O3. The summed E-state index contributed by atoms with van der Waals surface area (Å²) in [5.74, 6) is -0.399. The van der Waals surface area contributed by atoms with Crippen molar-refractivity contribution >= 4 is 17.7 Å². The van der Waals surface area contributed by atoms with E-state index >= 15 is 0 Å². The van der Waals surface area contributed by atoms with Gasteiger partial charge >= 0.3 is 0 Å². The normalized spacial score (nSPS) is 14.6. The number of hydrogen-bond acceptors (Lipinski definition) is 3. The van der Waals surface area contributed by atoms with Crippen LogP contribution in [0.4, 0.5) is 0 Å². The summed E-state index contributed by atoms with van der Waals surface area (Å²) >= 11 is 0. The van der Waals surface area contributed by atoms with Crippen molar-refractivity contribution in [1.82, 2.24) is 15.1 Å². The van der Waals surface area contributed by atoms with E-state index in [9.17, 15) is 14.4 Å². The fourth-order valence-electron chi connectivity index (χ4n) is 2.43. The van der Waals surface area contributed by atoms with Gasteiger partial charge in [0.15, 0.2) is 0 Å². The molecule has 6 heteroatoms. The van der Waals surface area contributed by atoms with Gasteiger partial charge in [-0.3, -0.25) is 14.4 Å². The zero-order chi connectivity index (χ0) is 16.8. The van der Waals surface area contributed by atoms with Crippen LogP contribution in [-0.2, 0) is 16.1 Å². The Balaban J connectivity index is 1.96. The molecular weight excluding hydrogens is 294 g/mol. The van der Waals surface area contributed by atoms with Crippen LogP contribution in [0.5, 0.6) is 0 Å². The third-order valence-electron chi connectivity index (χ3n) is 3.84. The summed E-state index contributed by atoms with van der Waals surface area (Å²) in [6.45, 7) is 7.63. The molecule has 1 saturated heterocycles. The van der Waals surface area contributed by atoms with Gasteiger partial charge in [-0.1, -0.05) is 18.7 Å². The number of benzene rings is 1. The molecule has 2 rings (SSSR count). The first-order chi connectivity index (χ1) is 11.0. The van der Waals surface area contributed by atoms with Crippen molar-refractivity contribution in [3.63, 3.8) is 0 Å². The summed E-state index contributed by atoms with van der Waals surface area (Å²) in [6, 6.07) is 7.02. The van der Waals surface area contributed by atoms with E-state index in [0.29, 0.717) is 31.7 Å². The molecule has 1 aromatic carbocycles. The van der Waals surface area contributed by atoms with E-state index in [1.807, 2.05) is 6.92 Å². The van der Waals surface area contributed by atoms with Gasteiger partial charge in [-0.2, -0.15) is 0 Å². The Morgan fingerprint density at radius 1 is 1.26 bits per heavy atom. The van der Waals surface area contributed by atoms with Crippen LogP contribution < -0.4 is 5.32 Å². The number of carbonyl (C=O) groups is 3. The summed E-state index contributed by atoms with van der Waals surface area (Å²) in [5, 5.41) is 2.68. The molecule has 122 valence electrons. The van der Waals surface area contributed by atoms with Crippen molar-refractivity contribution in [3.05, 3.63) is 48.0 Å². The topological polar surface area (TPSA) is 69.7 Å². The monoisotopic (exact) mass is 315 g/mol. The second-order valence-electron chi connectivity index (χ2n) is 5.32. The molecule has 1 aliphatic heterocycles. The lowest BCUT2D eigenvalue weighted by atomic mass is 10.1. The molecule has 3 amide bonds. The SMILES string of the molecule is C=CC(=O)NCc1ccc(C(=O)N2CCN(CC)C(=O)C2)cc1. The molecule has 1 heterocycles. The lowest BCUT2D eigenvalue weighted by Gasteiger charge is -2.33. The molecule has 1 aromatic rings. The number of piperazine rings is 1. The average Bonchev–Trinajstić information content (AvgIpc) is 2.59. The maximum absolute atomic E-state index is 12.4. The zero-order valence-corrected chi connectivity index (χ0v) is 13.2. The molecule has 0 radical (unpaired) electrons. The molecule has 1 fully saturated rings. The lowest BCUT2D eigenvalue weighted by molar-refractivity contribution is -0.134. The van der Waals surface area contributed by atoms with Crippen molar-refractivity contribution in [1.29, 1.82) is 0 Å². The highest BCUT2D eigenvalue weighted by molar-refractivity contribution is 5.97. The molecule has 0 unspecified atom stereocenters. The molecule has 0 spiro atoms. The van der Waals surface area contributed by atoms with Gasteiger partial charge in [0.2, 0.25) is 11.8 Å². The predicted octanol–water partition coefficient (Wildman–Crippen LogP) is 0.793. The molecule has 0 bridgehead atoms. The van der Waals surface area contributed by atoms with Gasteiger partial charge in [-0.25, -0.2) is 0 Å². The van der Waals surface area contributed by atoms with Crippen LogP contribution >= 0.6 is 0 Å². The Hall–Kier alpha value is -2.63. The zero-order valence-electron chi connectivity index (χ0n) is 13.2. The lowest BCUT2D eigenvalue weighted by Crippen LogP contribution is -2.52. The summed E-state index contributed by atoms with van der Waals surface area (Å²) in [6.07, 6.45) is 1.21. The van der Waals surface area contributed by atoms with E-state index in [0.717, 1.165) is 5.56 Å². The van der Waals surface area contributed by atoms with Crippen molar-refractivity contribution in [3.8, 4) is 0 Å². The van der Waals surface area contributed by atoms with Crippen LogP contribution in [-0.4, -0.2) is 53.7 Å². The maximum atomic E-state index is 12.4. The Morgan fingerprint density at radius 3 is 2.52 bits per heavy atom. The predicted molar refractivity (Wildman–Crippen MR) is 86.6 cm³/mol. The van der Waals surface area contributed by atoms with E-state index < -0.39 is 0 Å². The Kier molecular flexibility index (Phi) is 5.51. The fraction of sp³-hybridized carbons (Fsp3) is 0.353. The van der Waals surface area contributed by atoms with Gasteiger partial charge < -0.3 is 15.1 Å². The molecule has 1 N–H and O–H groups in total. The number of rotatable bonds is 5. The standard InChI is InChI=1S/C17H21N3O3/c1-3-15(21)18-11-13-5-7-14(8-6-13)17(23)20-10-9-19(4-2)16(22)12-20/h3,5-8H,1,4,9-12H2,2H3,(H,18,21). The van der Waals surface area contributed by atoms with Gasteiger partial charge in [-0.15, -0.1) is 0 Å². The van der Waals surface area contributed by atoms with E-state index in [1.165, 1.54) is 6.08 Å². The molecule has 0 saturated carbocycles. The number of carbonyl (C=O) groups excluding carboxylic acids is 3. The molecule has 0 atom stereocenters. The minimum Gasteiger partial charge on any atom is -0.348 e. The Morgan fingerprint density at radius 2 is 1.96 bits per heavy atom. The minimum atomic E-state index is -0.238. The summed E-state index contributed by atoms with van der Waals surface area (Å²) < 4.78 is 0. The van der Waals surface area contributed by atoms with Crippen LogP contribution in [0.15, 0.2) is 36.9 Å². The van der Waals surface area contributed by atoms with E-state index in [1.54, 1.807) is 34.1 Å². The van der Waals surface area contributed by atoms with Gasteiger partial charge in [0.05, 0.1) is 0 Å². The second-order valence-corrected chi connectivity index (χ2v) is 5.32. The summed E-state index contributed by atoms with van der Waals surface area (Å²) in [7, 11) is 0. The highest BCUT2D eigenvalue weighted by atomic mass is 16.2. The first-order valence-corrected chi connectivity index (χ1v) is 7.61.